The van der Waals surface area contributed by atoms with Gasteiger partial charge in [0.05, 0.1) is 6.04 Å². The van der Waals surface area contributed by atoms with Gasteiger partial charge in [-0.15, -0.1) is 0 Å². The molecule has 2 rings (SSSR count). The van der Waals surface area contributed by atoms with Gasteiger partial charge < -0.3 is 20.7 Å². The minimum atomic E-state index is -0.228. The second-order valence-corrected chi connectivity index (χ2v) is 4.70. The van der Waals surface area contributed by atoms with Crippen molar-refractivity contribution >= 4 is 23.2 Å². The number of amides is 2. The Labute approximate surface area is 117 Å². The fourth-order valence-electron chi connectivity index (χ4n) is 2.14. The summed E-state index contributed by atoms with van der Waals surface area (Å²) in [7, 11) is 1.46. The summed E-state index contributed by atoms with van der Waals surface area (Å²) in [4.78, 5) is 23.4. The van der Waals surface area contributed by atoms with E-state index in [-0.39, 0.29) is 24.5 Å². The molecule has 0 saturated carbocycles. The molecular formula is C14H19N3O3. The summed E-state index contributed by atoms with van der Waals surface area (Å²) in [5.74, 6) is -0.267. The monoisotopic (exact) mass is 277 g/mol. The summed E-state index contributed by atoms with van der Waals surface area (Å²) in [6.45, 7) is 0.883. The van der Waals surface area contributed by atoms with E-state index in [1.54, 1.807) is 24.3 Å². The number of carbonyl (C=O) groups is 2. The van der Waals surface area contributed by atoms with Crippen molar-refractivity contribution in [2.45, 2.75) is 18.9 Å². The number of anilines is 2. The van der Waals surface area contributed by atoms with Crippen LogP contribution in [0.15, 0.2) is 24.3 Å². The normalized spacial score (nSPS) is 17.8. The fourth-order valence-corrected chi connectivity index (χ4v) is 2.14. The van der Waals surface area contributed by atoms with Crippen molar-refractivity contribution in [1.82, 2.24) is 5.32 Å². The summed E-state index contributed by atoms with van der Waals surface area (Å²) in [6.07, 6.45) is 1.88. The van der Waals surface area contributed by atoms with E-state index in [1.165, 1.54) is 7.11 Å². The van der Waals surface area contributed by atoms with Crippen LogP contribution in [0.2, 0.25) is 0 Å². The van der Waals surface area contributed by atoms with Crippen molar-refractivity contribution in [3.05, 3.63) is 24.3 Å². The average molecular weight is 277 g/mol. The molecule has 108 valence electrons. The molecule has 1 atom stereocenters. The molecule has 0 aliphatic carbocycles. The number of nitrogens with one attached hydrogen (secondary N) is 3. The maximum absolute atomic E-state index is 12.0. The molecule has 1 heterocycles. The largest absolute Gasteiger partial charge is 0.375 e. The number of hydrogen-bond donors (Lipinski definition) is 3. The summed E-state index contributed by atoms with van der Waals surface area (Å²) in [5, 5.41) is 8.68. The van der Waals surface area contributed by atoms with Gasteiger partial charge in [0.2, 0.25) is 11.8 Å². The Morgan fingerprint density at radius 2 is 2.10 bits per heavy atom. The van der Waals surface area contributed by atoms with Crippen molar-refractivity contribution < 1.29 is 14.3 Å². The SMILES string of the molecule is COCC(=O)Nc1cccc(NC(=O)[C@H]2CCCN2)c1. The maximum Gasteiger partial charge on any atom is 0.250 e. The Kier molecular flexibility index (Phi) is 5.09. The number of ether oxygens (including phenoxy) is 1. The molecule has 0 spiro atoms. The second kappa shape index (κ2) is 7.02. The summed E-state index contributed by atoms with van der Waals surface area (Å²) in [6, 6.07) is 6.93. The van der Waals surface area contributed by atoms with E-state index in [4.69, 9.17) is 4.74 Å². The van der Waals surface area contributed by atoms with Crippen LogP contribution in [0.4, 0.5) is 11.4 Å². The lowest BCUT2D eigenvalue weighted by atomic mass is 10.2. The van der Waals surface area contributed by atoms with Gasteiger partial charge in [0.25, 0.3) is 0 Å². The number of rotatable bonds is 5. The lowest BCUT2D eigenvalue weighted by Crippen LogP contribution is -2.35. The number of hydrogen-bond acceptors (Lipinski definition) is 4. The first kappa shape index (κ1) is 14.5. The third-order valence-electron chi connectivity index (χ3n) is 3.07. The number of carbonyl (C=O) groups excluding carboxylic acids is 2. The topological polar surface area (TPSA) is 79.5 Å². The smallest absolute Gasteiger partial charge is 0.250 e. The van der Waals surface area contributed by atoms with Gasteiger partial charge in [0.15, 0.2) is 0 Å². The van der Waals surface area contributed by atoms with Crippen LogP contribution in [-0.4, -0.2) is 38.1 Å². The molecule has 1 aliphatic heterocycles. The standard InChI is InChI=1S/C14H19N3O3/c1-20-9-13(18)16-10-4-2-5-11(8-10)17-14(19)12-6-3-7-15-12/h2,4-5,8,12,15H,3,6-7,9H2,1H3,(H,16,18)(H,17,19)/t12-/m1/s1. The van der Waals surface area contributed by atoms with Gasteiger partial charge >= 0.3 is 0 Å². The van der Waals surface area contributed by atoms with Crippen molar-refractivity contribution in [3.63, 3.8) is 0 Å². The summed E-state index contributed by atoms with van der Waals surface area (Å²) >= 11 is 0. The van der Waals surface area contributed by atoms with Gasteiger partial charge in [-0.05, 0) is 37.6 Å². The Morgan fingerprint density at radius 1 is 1.35 bits per heavy atom. The van der Waals surface area contributed by atoms with Gasteiger partial charge in [-0.25, -0.2) is 0 Å². The lowest BCUT2D eigenvalue weighted by Gasteiger charge is -2.12. The number of benzene rings is 1. The third kappa shape index (κ3) is 4.04. The molecule has 1 saturated heterocycles. The second-order valence-electron chi connectivity index (χ2n) is 4.70. The van der Waals surface area contributed by atoms with Crippen LogP contribution in [0.1, 0.15) is 12.8 Å². The molecule has 0 aromatic heterocycles. The van der Waals surface area contributed by atoms with E-state index in [0.717, 1.165) is 19.4 Å². The van der Waals surface area contributed by atoms with Crippen LogP contribution in [0.5, 0.6) is 0 Å². The van der Waals surface area contributed by atoms with Gasteiger partial charge in [0.1, 0.15) is 6.61 Å². The van der Waals surface area contributed by atoms with Crippen LogP contribution >= 0.6 is 0 Å². The van der Waals surface area contributed by atoms with Crippen molar-refractivity contribution in [2.24, 2.45) is 0 Å². The highest BCUT2D eigenvalue weighted by atomic mass is 16.5. The Morgan fingerprint density at radius 3 is 2.75 bits per heavy atom. The molecule has 1 fully saturated rings. The molecular weight excluding hydrogens is 258 g/mol. The quantitative estimate of drug-likeness (QED) is 0.749. The first-order valence-corrected chi connectivity index (χ1v) is 6.62. The lowest BCUT2D eigenvalue weighted by molar-refractivity contribution is -0.119. The molecule has 1 aromatic carbocycles. The Bertz CT molecular complexity index is 484. The van der Waals surface area contributed by atoms with Gasteiger partial charge in [-0.1, -0.05) is 6.07 Å². The molecule has 20 heavy (non-hydrogen) atoms. The van der Waals surface area contributed by atoms with Crippen LogP contribution in [0, 0.1) is 0 Å². The highest BCUT2D eigenvalue weighted by molar-refractivity contribution is 5.96. The minimum Gasteiger partial charge on any atom is -0.375 e. The molecule has 2 amide bonds. The van der Waals surface area contributed by atoms with Gasteiger partial charge in [0, 0.05) is 18.5 Å². The highest BCUT2D eigenvalue weighted by Crippen LogP contribution is 2.16. The fraction of sp³-hybridized carbons (Fsp3) is 0.429. The minimum absolute atomic E-state index is 0.00256. The van der Waals surface area contributed by atoms with E-state index >= 15 is 0 Å². The average Bonchev–Trinajstić information content (AvgIpc) is 2.93. The molecule has 0 bridgehead atoms. The Hall–Kier alpha value is -1.92. The molecule has 6 nitrogen and oxygen atoms in total. The molecule has 3 N–H and O–H groups in total. The predicted molar refractivity (Wildman–Crippen MR) is 76.6 cm³/mol. The molecule has 1 aromatic rings. The van der Waals surface area contributed by atoms with E-state index in [9.17, 15) is 9.59 Å². The van der Waals surface area contributed by atoms with Crippen LogP contribution in [0.25, 0.3) is 0 Å². The maximum atomic E-state index is 12.0. The van der Waals surface area contributed by atoms with Crippen molar-refractivity contribution in [3.8, 4) is 0 Å². The van der Waals surface area contributed by atoms with E-state index in [2.05, 4.69) is 16.0 Å². The van der Waals surface area contributed by atoms with Crippen molar-refractivity contribution in [2.75, 3.05) is 30.9 Å². The van der Waals surface area contributed by atoms with Crippen LogP contribution in [0.3, 0.4) is 0 Å². The third-order valence-corrected chi connectivity index (χ3v) is 3.07. The first-order valence-electron chi connectivity index (χ1n) is 6.62. The number of methoxy groups -OCH3 is 1. The van der Waals surface area contributed by atoms with Gasteiger partial charge in [-0.2, -0.15) is 0 Å². The molecule has 6 heteroatoms. The zero-order valence-electron chi connectivity index (χ0n) is 11.4. The van der Waals surface area contributed by atoms with Gasteiger partial charge in [-0.3, -0.25) is 9.59 Å². The van der Waals surface area contributed by atoms with E-state index in [0.29, 0.717) is 11.4 Å². The van der Waals surface area contributed by atoms with Crippen LogP contribution < -0.4 is 16.0 Å². The highest BCUT2D eigenvalue weighted by Gasteiger charge is 2.21. The predicted octanol–water partition coefficient (Wildman–Crippen LogP) is 0.962. The van der Waals surface area contributed by atoms with Crippen LogP contribution in [-0.2, 0) is 14.3 Å². The molecule has 0 radical (unpaired) electrons. The zero-order chi connectivity index (χ0) is 14.4. The molecule has 0 unspecified atom stereocenters. The Balaban J connectivity index is 1.95. The first-order chi connectivity index (χ1) is 9.69. The molecule has 1 aliphatic rings. The zero-order valence-corrected chi connectivity index (χ0v) is 11.4. The van der Waals surface area contributed by atoms with E-state index in [1.807, 2.05) is 0 Å². The summed E-state index contributed by atoms with van der Waals surface area (Å²) in [5.41, 5.74) is 1.29. The van der Waals surface area contributed by atoms with E-state index < -0.39 is 0 Å². The van der Waals surface area contributed by atoms with Crippen molar-refractivity contribution in [1.29, 1.82) is 0 Å². The summed E-state index contributed by atoms with van der Waals surface area (Å²) < 4.78 is 4.75.